The first-order valence-electron chi connectivity index (χ1n) is 3.82. The summed E-state index contributed by atoms with van der Waals surface area (Å²) in [7, 11) is -3.74. The van der Waals surface area contributed by atoms with Crippen molar-refractivity contribution in [2.45, 2.75) is 6.54 Å². The van der Waals surface area contributed by atoms with Gasteiger partial charge in [0.05, 0.1) is 0 Å². The molecule has 1 aromatic rings. The van der Waals surface area contributed by atoms with Crippen molar-refractivity contribution < 1.29 is 18.3 Å². The van der Waals surface area contributed by atoms with Crippen molar-refractivity contribution >= 4 is 43.3 Å². The van der Waals surface area contributed by atoms with Gasteiger partial charge >= 0.3 is 5.97 Å². The Bertz CT molecular complexity index is 453. The predicted octanol–water partition coefficient (Wildman–Crippen LogP) is 1.01. The number of halogens is 1. The minimum absolute atomic E-state index is 0.105. The molecule has 0 fully saturated rings. The SMILES string of the molecule is O=C(O)CS(=O)(=O)NCc1sccc1Br. The zero-order chi connectivity index (χ0) is 11.5. The van der Waals surface area contributed by atoms with Crippen LogP contribution in [0.3, 0.4) is 0 Å². The Morgan fingerprint density at radius 3 is 2.73 bits per heavy atom. The average molecular weight is 314 g/mol. The molecule has 84 valence electrons. The summed E-state index contributed by atoms with van der Waals surface area (Å²) in [6.45, 7) is 0.105. The molecule has 0 saturated carbocycles. The average Bonchev–Trinajstić information content (AvgIpc) is 2.45. The highest BCUT2D eigenvalue weighted by Gasteiger charge is 2.15. The maximum Gasteiger partial charge on any atom is 0.320 e. The zero-order valence-electron chi connectivity index (χ0n) is 7.44. The van der Waals surface area contributed by atoms with Crippen molar-refractivity contribution in [3.63, 3.8) is 0 Å². The van der Waals surface area contributed by atoms with E-state index in [-0.39, 0.29) is 6.54 Å². The second kappa shape index (κ2) is 5.06. The van der Waals surface area contributed by atoms with Crippen molar-refractivity contribution in [2.24, 2.45) is 0 Å². The molecular weight excluding hydrogens is 306 g/mol. The van der Waals surface area contributed by atoms with Crippen LogP contribution >= 0.6 is 27.3 Å². The fraction of sp³-hybridized carbons (Fsp3) is 0.286. The number of rotatable bonds is 5. The normalized spacial score (nSPS) is 11.5. The standard InChI is InChI=1S/C7H8BrNO4S2/c8-5-1-2-14-6(5)3-9-15(12,13)4-7(10)11/h1-2,9H,3-4H2,(H,10,11). The van der Waals surface area contributed by atoms with Gasteiger partial charge in [-0.3, -0.25) is 4.79 Å². The summed E-state index contributed by atoms with van der Waals surface area (Å²) >= 11 is 4.63. The number of nitrogens with one attached hydrogen (secondary N) is 1. The molecule has 0 bridgehead atoms. The van der Waals surface area contributed by atoms with Gasteiger partial charge in [-0.1, -0.05) is 0 Å². The lowest BCUT2D eigenvalue weighted by atomic mass is 10.5. The Balaban J connectivity index is 2.58. The lowest BCUT2D eigenvalue weighted by molar-refractivity contribution is -0.134. The molecule has 15 heavy (non-hydrogen) atoms. The summed E-state index contributed by atoms with van der Waals surface area (Å²) in [5, 5.41) is 10.1. The maximum absolute atomic E-state index is 11.1. The third-order valence-corrected chi connectivity index (χ3v) is 4.59. The van der Waals surface area contributed by atoms with Crippen LogP contribution in [-0.4, -0.2) is 25.2 Å². The van der Waals surface area contributed by atoms with Crippen LogP contribution in [0.1, 0.15) is 4.88 Å². The molecule has 0 radical (unpaired) electrons. The number of carboxylic acids is 1. The number of carboxylic acid groups (broad SMARTS) is 1. The van der Waals surface area contributed by atoms with E-state index in [9.17, 15) is 13.2 Å². The van der Waals surface area contributed by atoms with Crippen LogP contribution in [0.15, 0.2) is 15.9 Å². The Morgan fingerprint density at radius 1 is 1.60 bits per heavy atom. The predicted molar refractivity (Wildman–Crippen MR) is 60.3 cm³/mol. The minimum Gasteiger partial charge on any atom is -0.480 e. The summed E-state index contributed by atoms with van der Waals surface area (Å²) < 4.78 is 25.3. The Labute approximate surface area is 99.3 Å². The van der Waals surface area contributed by atoms with E-state index in [0.717, 1.165) is 9.35 Å². The van der Waals surface area contributed by atoms with Gasteiger partial charge < -0.3 is 5.11 Å². The maximum atomic E-state index is 11.1. The molecule has 5 nitrogen and oxygen atoms in total. The summed E-state index contributed by atoms with van der Waals surface area (Å²) in [4.78, 5) is 11.0. The number of thiophene rings is 1. The van der Waals surface area contributed by atoms with Crippen molar-refractivity contribution in [1.82, 2.24) is 4.72 Å². The fourth-order valence-corrected chi connectivity index (χ4v) is 3.16. The lowest BCUT2D eigenvalue weighted by Gasteiger charge is -2.02. The van der Waals surface area contributed by atoms with Crippen LogP contribution < -0.4 is 4.72 Å². The smallest absolute Gasteiger partial charge is 0.320 e. The summed E-state index contributed by atoms with van der Waals surface area (Å²) in [6.07, 6.45) is 0. The van der Waals surface area contributed by atoms with Gasteiger partial charge in [0, 0.05) is 15.9 Å². The van der Waals surface area contributed by atoms with E-state index in [1.807, 2.05) is 5.38 Å². The van der Waals surface area contributed by atoms with Crippen molar-refractivity contribution in [2.75, 3.05) is 5.75 Å². The van der Waals surface area contributed by atoms with E-state index < -0.39 is 21.7 Å². The van der Waals surface area contributed by atoms with Gasteiger partial charge in [-0.25, -0.2) is 13.1 Å². The lowest BCUT2D eigenvalue weighted by Crippen LogP contribution is -2.29. The third-order valence-electron chi connectivity index (χ3n) is 1.46. The highest BCUT2D eigenvalue weighted by Crippen LogP contribution is 2.22. The molecular formula is C7H8BrNO4S2. The van der Waals surface area contributed by atoms with Gasteiger partial charge in [0.2, 0.25) is 10.0 Å². The Kier molecular flexibility index (Phi) is 4.26. The van der Waals surface area contributed by atoms with E-state index in [4.69, 9.17) is 5.11 Å². The second-order valence-electron chi connectivity index (χ2n) is 2.67. The van der Waals surface area contributed by atoms with Crippen LogP contribution in [0.5, 0.6) is 0 Å². The molecule has 8 heteroatoms. The molecule has 0 unspecified atom stereocenters. The molecule has 0 spiro atoms. The molecule has 0 atom stereocenters. The van der Waals surface area contributed by atoms with E-state index in [0.29, 0.717) is 0 Å². The van der Waals surface area contributed by atoms with Gasteiger partial charge in [-0.15, -0.1) is 11.3 Å². The number of hydrogen-bond donors (Lipinski definition) is 2. The van der Waals surface area contributed by atoms with Crippen LogP contribution in [0.4, 0.5) is 0 Å². The van der Waals surface area contributed by atoms with E-state index >= 15 is 0 Å². The molecule has 0 aliphatic heterocycles. The summed E-state index contributed by atoms with van der Waals surface area (Å²) in [5.41, 5.74) is 0. The Hall–Kier alpha value is -0.440. The number of aliphatic carboxylic acids is 1. The van der Waals surface area contributed by atoms with Crippen LogP contribution in [0.25, 0.3) is 0 Å². The topological polar surface area (TPSA) is 83.5 Å². The molecule has 1 rings (SSSR count). The molecule has 0 saturated heterocycles. The van der Waals surface area contributed by atoms with Gasteiger partial charge in [0.1, 0.15) is 0 Å². The third kappa shape index (κ3) is 4.29. The van der Waals surface area contributed by atoms with Crippen molar-refractivity contribution in [1.29, 1.82) is 0 Å². The highest BCUT2D eigenvalue weighted by atomic mass is 79.9. The number of hydrogen-bond acceptors (Lipinski definition) is 4. The van der Waals surface area contributed by atoms with Gasteiger partial charge in [-0.2, -0.15) is 0 Å². The van der Waals surface area contributed by atoms with Crippen molar-refractivity contribution in [3.05, 3.63) is 20.8 Å². The Morgan fingerprint density at radius 2 is 2.27 bits per heavy atom. The summed E-state index contributed by atoms with van der Waals surface area (Å²) in [6, 6.07) is 1.80. The molecule has 1 aromatic heterocycles. The fourth-order valence-electron chi connectivity index (χ4n) is 0.840. The number of carbonyl (C=O) groups is 1. The largest absolute Gasteiger partial charge is 0.480 e. The van der Waals surface area contributed by atoms with E-state index in [2.05, 4.69) is 20.7 Å². The first kappa shape index (κ1) is 12.6. The molecule has 1 heterocycles. The van der Waals surface area contributed by atoms with Crippen LogP contribution in [-0.2, 0) is 21.4 Å². The van der Waals surface area contributed by atoms with Gasteiger partial charge in [0.15, 0.2) is 5.75 Å². The number of sulfonamides is 1. The summed E-state index contributed by atoms with van der Waals surface area (Å²) in [5.74, 6) is -2.27. The van der Waals surface area contributed by atoms with Crippen LogP contribution in [0.2, 0.25) is 0 Å². The molecule has 0 aliphatic carbocycles. The van der Waals surface area contributed by atoms with Crippen molar-refractivity contribution in [3.8, 4) is 0 Å². The second-order valence-corrected chi connectivity index (χ2v) is 6.33. The molecule has 0 aliphatic rings. The van der Waals surface area contributed by atoms with Crippen LogP contribution in [0, 0.1) is 0 Å². The first-order chi connectivity index (χ1) is 6.91. The molecule has 2 N–H and O–H groups in total. The van der Waals surface area contributed by atoms with E-state index in [1.165, 1.54) is 11.3 Å². The zero-order valence-corrected chi connectivity index (χ0v) is 10.7. The van der Waals surface area contributed by atoms with Gasteiger partial charge in [0.25, 0.3) is 0 Å². The molecule has 0 amide bonds. The monoisotopic (exact) mass is 313 g/mol. The highest BCUT2D eigenvalue weighted by molar-refractivity contribution is 9.10. The van der Waals surface area contributed by atoms with E-state index in [1.54, 1.807) is 6.07 Å². The van der Waals surface area contributed by atoms with Gasteiger partial charge in [-0.05, 0) is 27.4 Å². The molecule has 0 aromatic carbocycles. The minimum atomic E-state index is -3.74. The first-order valence-corrected chi connectivity index (χ1v) is 7.14. The quantitative estimate of drug-likeness (QED) is 0.850.